The third-order valence-corrected chi connectivity index (χ3v) is 2.87. The van der Waals surface area contributed by atoms with Gasteiger partial charge >= 0.3 is 0 Å². The summed E-state index contributed by atoms with van der Waals surface area (Å²) < 4.78 is 0. The van der Waals surface area contributed by atoms with Gasteiger partial charge in [0.2, 0.25) is 0 Å². The largest absolute Gasteiger partial charge is 0.508 e. The summed E-state index contributed by atoms with van der Waals surface area (Å²) in [5.74, 6) is 0.334. The number of benzene rings is 1. The molecule has 0 saturated carbocycles. The van der Waals surface area contributed by atoms with E-state index in [-0.39, 0.29) is 0 Å². The number of hydrogen-bond acceptors (Lipinski definition) is 3. The molecule has 1 saturated heterocycles. The predicted octanol–water partition coefficient (Wildman–Crippen LogP) is 1.23. The van der Waals surface area contributed by atoms with Crippen molar-refractivity contribution in [2.75, 3.05) is 13.1 Å². The third kappa shape index (κ3) is 3.22. The minimum absolute atomic E-state index is 0.334. The summed E-state index contributed by atoms with van der Waals surface area (Å²) in [7, 11) is 0. The van der Waals surface area contributed by atoms with Crippen LogP contribution in [-0.4, -0.2) is 24.2 Å². The minimum atomic E-state index is 0.334. The summed E-state index contributed by atoms with van der Waals surface area (Å²) >= 11 is 0. The molecule has 3 heteroatoms. The molecule has 0 aliphatic carbocycles. The fourth-order valence-corrected chi connectivity index (χ4v) is 1.90. The van der Waals surface area contributed by atoms with Crippen LogP contribution in [0.1, 0.15) is 18.4 Å². The number of nitrogens with one attached hydrogen (secondary N) is 2. The van der Waals surface area contributed by atoms with E-state index in [9.17, 15) is 0 Å². The maximum absolute atomic E-state index is 9.14. The molecule has 3 N–H and O–H groups in total. The van der Waals surface area contributed by atoms with E-state index in [2.05, 4.69) is 10.6 Å². The van der Waals surface area contributed by atoms with Gasteiger partial charge in [0.05, 0.1) is 0 Å². The van der Waals surface area contributed by atoms with Crippen LogP contribution in [0.5, 0.6) is 5.75 Å². The molecule has 1 aliphatic rings. The molecule has 1 heterocycles. The third-order valence-electron chi connectivity index (χ3n) is 2.87. The Morgan fingerprint density at radius 1 is 1.20 bits per heavy atom. The molecule has 1 aromatic carbocycles. The van der Waals surface area contributed by atoms with E-state index < -0.39 is 0 Å². The first-order valence-corrected chi connectivity index (χ1v) is 5.56. The summed E-state index contributed by atoms with van der Waals surface area (Å²) in [5, 5.41) is 16.0. The van der Waals surface area contributed by atoms with E-state index in [0.717, 1.165) is 19.6 Å². The van der Waals surface area contributed by atoms with E-state index in [1.54, 1.807) is 12.1 Å². The van der Waals surface area contributed by atoms with E-state index in [1.807, 2.05) is 12.1 Å². The molecule has 3 nitrogen and oxygen atoms in total. The normalized spacial score (nSPS) is 17.9. The fourth-order valence-electron chi connectivity index (χ4n) is 1.90. The van der Waals surface area contributed by atoms with Gasteiger partial charge in [0, 0.05) is 12.6 Å². The SMILES string of the molecule is Oc1ccc(CNC2CCNCC2)cc1. The average molecular weight is 206 g/mol. The van der Waals surface area contributed by atoms with Crippen LogP contribution in [0.3, 0.4) is 0 Å². The molecule has 1 aliphatic heterocycles. The van der Waals surface area contributed by atoms with Gasteiger partial charge in [0.1, 0.15) is 5.75 Å². The number of phenols is 1. The highest BCUT2D eigenvalue weighted by Crippen LogP contribution is 2.10. The Hall–Kier alpha value is -1.06. The summed E-state index contributed by atoms with van der Waals surface area (Å²) in [6.45, 7) is 3.13. The van der Waals surface area contributed by atoms with Gasteiger partial charge in [-0.2, -0.15) is 0 Å². The van der Waals surface area contributed by atoms with Crippen LogP contribution >= 0.6 is 0 Å². The molecule has 0 amide bonds. The van der Waals surface area contributed by atoms with Crippen LogP contribution in [0.25, 0.3) is 0 Å². The van der Waals surface area contributed by atoms with Crippen LogP contribution in [0.4, 0.5) is 0 Å². The fraction of sp³-hybridized carbons (Fsp3) is 0.500. The molecule has 0 radical (unpaired) electrons. The number of phenolic OH excluding ortho intramolecular Hbond substituents is 1. The van der Waals surface area contributed by atoms with Crippen LogP contribution in [0, 0.1) is 0 Å². The molecule has 82 valence electrons. The smallest absolute Gasteiger partial charge is 0.115 e. The molecule has 0 aromatic heterocycles. The molecule has 0 unspecified atom stereocenters. The number of hydrogen-bond donors (Lipinski definition) is 3. The van der Waals surface area contributed by atoms with Crippen LogP contribution in [0.15, 0.2) is 24.3 Å². The van der Waals surface area contributed by atoms with E-state index in [0.29, 0.717) is 11.8 Å². The van der Waals surface area contributed by atoms with Crippen molar-refractivity contribution in [2.45, 2.75) is 25.4 Å². The van der Waals surface area contributed by atoms with Crippen molar-refractivity contribution >= 4 is 0 Å². The zero-order valence-corrected chi connectivity index (χ0v) is 8.87. The molecule has 0 bridgehead atoms. The first-order chi connectivity index (χ1) is 7.34. The van der Waals surface area contributed by atoms with E-state index in [1.165, 1.54) is 18.4 Å². The number of aromatic hydroxyl groups is 1. The molecule has 2 rings (SSSR count). The van der Waals surface area contributed by atoms with E-state index in [4.69, 9.17) is 5.11 Å². The van der Waals surface area contributed by atoms with Crippen molar-refractivity contribution in [2.24, 2.45) is 0 Å². The molecule has 0 spiro atoms. The Morgan fingerprint density at radius 3 is 2.53 bits per heavy atom. The van der Waals surface area contributed by atoms with Crippen molar-refractivity contribution < 1.29 is 5.11 Å². The Bertz CT molecular complexity index is 291. The summed E-state index contributed by atoms with van der Waals surface area (Å²) in [6.07, 6.45) is 2.41. The zero-order chi connectivity index (χ0) is 10.5. The monoisotopic (exact) mass is 206 g/mol. The summed E-state index contributed by atoms with van der Waals surface area (Å²) in [6, 6.07) is 8.03. The number of rotatable bonds is 3. The van der Waals surface area contributed by atoms with Gasteiger partial charge in [0.25, 0.3) is 0 Å². The highest BCUT2D eigenvalue weighted by Gasteiger charge is 2.11. The Labute approximate surface area is 90.5 Å². The van der Waals surface area contributed by atoms with Crippen molar-refractivity contribution in [3.05, 3.63) is 29.8 Å². The van der Waals surface area contributed by atoms with Crippen molar-refractivity contribution in [3.63, 3.8) is 0 Å². The Balaban J connectivity index is 1.79. The standard InChI is InChI=1S/C12H18N2O/c15-12-3-1-10(2-4-12)9-14-11-5-7-13-8-6-11/h1-4,11,13-15H,5-9H2. The Morgan fingerprint density at radius 2 is 1.87 bits per heavy atom. The lowest BCUT2D eigenvalue weighted by Crippen LogP contribution is -2.39. The second-order valence-corrected chi connectivity index (χ2v) is 4.07. The second-order valence-electron chi connectivity index (χ2n) is 4.07. The summed E-state index contributed by atoms with van der Waals surface area (Å²) in [4.78, 5) is 0. The van der Waals surface area contributed by atoms with Crippen molar-refractivity contribution in [1.82, 2.24) is 10.6 Å². The van der Waals surface area contributed by atoms with Crippen molar-refractivity contribution in [3.8, 4) is 5.75 Å². The molecular weight excluding hydrogens is 188 g/mol. The van der Waals surface area contributed by atoms with Gasteiger partial charge in [0.15, 0.2) is 0 Å². The van der Waals surface area contributed by atoms with Crippen LogP contribution in [-0.2, 0) is 6.54 Å². The average Bonchev–Trinajstić information content (AvgIpc) is 2.30. The molecule has 1 aromatic rings. The quantitative estimate of drug-likeness (QED) is 0.697. The minimum Gasteiger partial charge on any atom is -0.508 e. The van der Waals surface area contributed by atoms with Gasteiger partial charge < -0.3 is 15.7 Å². The number of piperidine rings is 1. The predicted molar refractivity (Wildman–Crippen MR) is 60.8 cm³/mol. The van der Waals surface area contributed by atoms with Gasteiger partial charge in [-0.15, -0.1) is 0 Å². The topological polar surface area (TPSA) is 44.3 Å². The highest BCUT2D eigenvalue weighted by molar-refractivity contribution is 5.25. The maximum Gasteiger partial charge on any atom is 0.115 e. The van der Waals surface area contributed by atoms with Crippen molar-refractivity contribution in [1.29, 1.82) is 0 Å². The van der Waals surface area contributed by atoms with Gasteiger partial charge in [-0.3, -0.25) is 0 Å². The lowest BCUT2D eigenvalue weighted by atomic mass is 10.1. The lowest BCUT2D eigenvalue weighted by molar-refractivity contribution is 0.386. The Kier molecular flexibility index (Phi) is 3.59. The molecule has 15 heavy (non-hydrogen) atoms. The first-order valence-electron chi connectivity index (χ1n) is 5.56. The summed E-state index contributed by atoms with van der Waals surface area (Å²) in [5.41, 5.74) is 1.23. The van der Waals surface area contributed by atoms with Crippen LogP contribution in [0.2, 0.25) is 0 Å². The van der Waals surface area contributed by atoms with Crippen LogP contribution < -0.4 is 10.6 Å². The second kappa shape index (κ2) is 5.14. The lowest BCUT2D eigenvalue weighted by Gasteiger charge is -2.23. The molecule has 1 fully saturated rings. The first kappa shape index (κ1) is 10.5. The van der Waals surface area contributed by atoms with E-state index >= 15 is 0 Å². The van der Waals surface area contributed by atoms with Gasteiger partial charge in [-0.25, -0.2) is 0 Å². The molecule has 0 atom stereocenters. The molecular formula is C12H18N2O. The zero-order valence-electron chi connectivity index (χ0n) is 8.87. The van der Waals surface area contributed by atoms with Gasteiger partial charge in [-0.1, -0.05) is 12.1 Å². The van der Waals surface area contributed by atoms with Gasteiger partial charge in [-0.05, 0) is 43.6 Å². The highest BCUT2D eigenvalue weighted by atomic mass is 16.3. The maximum atomic E-state index is 9.14.